The van der Waals surface area contributed by atoms with E-state index in [1.165, 1.54) is 18.9 Å². The highest BCUT2D eigenvalue weighted by molar-refractivity contribution is 5.16. The van der Waals surface area contributed by atoms with Crippen molar-refractivity contribution in [2.45, 2.75) is 50.5 Å². The normalized spacial score (nSPS) is 30.7. The highest BCUT2D eigenvalue weighted by Gasteiger charge is 2.33. The molecule has 1 aromatic carbocycles. The minimum absolute atomic E-state index is 0.247. The Labute approximate surface area is 105 Å². The van der Waals surface area contributed by atoms with Crippen molar-refractivity contribution in [1.29, 1.82) is 0 Å². The van der Waals surface area contributed by atoms with Crippen LogP contribution in [0.3, 0.4) is 0 Å². The zero-order chi connectivity index (χ0) is 12.5. The first kappa shape index (κ1) is 12.1. The van der Waals surface area contributed by atoms with Crippen LogP contribution in [0.15, 0.2) is 18.2 Å². The molecule has 2 nitrogen and oxygen atoms in total. The van der Waals surface area contributed by atoms with Crippen molar-refractivity contribution in [3.8, 4) is 0 Å². The second-order valence-electron chi connectivity index (χ2n) is 5.29. The first-order valence-electron chi connectivity index (χ1n) is 6.52. The van der Waals surface area contributed by atoms with E-state index in [4.69, 9.17) is 4.74 Å². The van der Waals surface area contributed by atoms with Gasteiger partial charge in [-0.15, -0.1) is 0 Å². The van der Waals surface area contributed by atoms with Gasteiger partial charge >= 0.3 is 0 Å². The van der Waals surface area contributed by atoms with E-state index in [0.29, 0.717) is 24.3 Å². The van der Waals surface area contributed by atoms with Gasteiger partial charge in [-0.2, -0.15) is 0 Å². The molecule has 0 aliphatic carbocycles. The zero-order valence-electron chi connectivity index (χ0n) is 10.2. The van der Waals surface area contributed by atoms with Gasteiger partial charge in [-0.25, -0.2) is 8.78 Å². The number of rotatable bonds is 3. The predicted molar refractivity (Wildman–Crippen MR) is 64.1 cm³/mol. The van der Waals surface area contributed by atoms with Gasteiger partial charge in [0.1, 0.15) is 0 Å². The summed E-state index contributed by atoms with van der Waals surface area (Å²) in [5, 5.41) is 3.55. The molecule has 0 radical (unpaired) electrons. The Morgan fingerprint density at radius 2 is 1.83 bits per heavy atom. The van der Waals surface area contributed by atoms with E-state index >= 15 is 0 Å². The first-order valence-corrected chi connectivity index (χ1v) is 6.52. The Hall–Kier alpha value is -1.00. The Morgan fingerprint density at radius 3 is 2.50 bits per heavy atom. The summed E-state index contributed by atoms with van der Waals surface area (Å²) >= 11 is 0. The third-order valence-electron chi connectivity index (χ3n) is 3.90. The van der Waals surface area contributed by atoms with Crippen molar-refractivity contribution in [3.63, 3.8) is 0 Å². The third-order valence-corrected chi connectivity index (χ3v) is 3.90. The molecule has 98 valence electrons. The van der Waals surface area contributed by atoms with Crippen molar-refractivity contribution in [1.82, 2.24) is 5.32 Å². The summed E-state index contributed by atoms with van der Waals surface area (Å²) in [5.74, 6) is -1.61. The van der Waals surface area contributed by atoms with Gasteiger partial charge in [-0.05, 0) is 43.4 Å². The molecule has 1 unspecified atom stereocenters. The Kier molecular flexibility index (Phi) is 3.31. The lowest BCUT2D eigenvalue weighted by molar-refractivity contribution is 0.00904. The molecule has 0 aromatic heterocycles. The lowest BCUT2D eigenvalue weighted by Crippen LogP contribution is -2.41. The maximum Gasteiger partial charge on any atom is 0.159 e. The molecule has 2 bridgehead atoms. The van der Waals surface area contributed by atoms with Crippen molar-refractivity contribution in [2.75, 3.05) is 0 Å². The molecule has 2 fully saturated rings. The van der Waals surface area contributed by atoms with Crippen LogP contribution in [0.1, 0.15) is 31.2 Å². The Bertz CT molecular complexity index is 426. The van der Waals surface area contributed by atoms with Crippen LogP contribution < -0.4 is 5.32 Å². The van der Waals surface area contributed by atoms with E-state index in [1.807, 2.05) is 0 Å². The number of benzene rings is 1. The molecule has 1 aromatic rings. The smallest absolute Gasteiger partial charge is 0.159 e. The molecule has 2 aliphatic rings. The fourth-order valence-corrected chi connectivity index (χ4v) is 2.98. The van der Waals surface area contributed by atoms with Gasteiger partial charge in [0.25, 0.3) is 0 Å². The van der Waals surface area contributed by atoms with Crippen molar-refractivity contribution < 1.29 is 13.5 Å². The third kappa shape index (κ3) is 2.54. The van der Waals surface area contributed by atoms with Crippen LogP contribution in [-0.2, 0) is 11.3 Å². The lowest BCUT2D eigenvalue weighted by Gasteiger charge is -2.29. The van der Waals surface area contributed by atoms with Crippen LogP contribution >= 0.6 is 0 Å². The average Bonchev–Trinajstić information content (AvgIpc) is 2.70. The quantitative estimate of drug-likeness (QED) is 0.894. The monoisotopic (exact) mass is 253 g/mol. The van der Waals surface area contributed by atoms with Gasteiger partial charge in [-0.1, -0.05) is 6.07 Å². The zero-order valence-corrected chi connectivity index (χ0v) is 10.2. The fourth-order valence-electron chi connectivity index (χ4n) is 2.98. The second-order valence-corrected chi connectivity index (χ2v) is 5.29. The van der Waals surface area contributed by atoms with Gasteiger partial charge in [0, 0.05) is 12.1 Å². The molecule has 2 aliphatic heterocycles. The van der Waals surface area contributed by atoms with Crippen LogP contribution in [0.25, 0.3) is 0 Å². The van der Waals surface area contributed by atoms with Crippen molar-refractivity contribution in [2.24, 2.45) is 0 Å². The highest BCUT2D eigenvalue weighted by atomic mass is 19.2. The summed E-state index contributed by atoms with van der Waals surface area (Å²) in [4.78, 5) is 0. The molecule has 3 rings (SSSR count). The van der Waals surface area contributed by atoms with E-state index in [-0.39, 0.29) is 6.10 Å². The summed E-state index contributed by atoms with van der Waals surface area (Å²) in [6.07, 6.45) is 4.77. The Balaban J connectivity index is 1.56. The number of ether oxygens (including phenoxy) is 1. The van der Waals surface area contributed by atoms with E-state index in [2.05, 4.69) is 5.32 Å². The number of hydrogen-bond acceptors (Lipinski definition) is 2. The van der Waals surface area contributed by atoms with E-state index in [0.717, 1.165) is 18.9 Å². The van der Waals surface area contributed by atoms with Crippen LogP contribution in [0, 0.1) is 11.6 Å². The topological polar surface area (TPSA) is 21.3 Å². The van der Waals surface area contributed by atoms with E-state index in [9.17, 15) is 8.78 Å². The maximum absolute atomic E-state index is 13.0. The number of fused-ring (bicyclic) bond motifs is 2. The highest BCUT2D eigenvalue weighted by Crippen LogP contribution is 2.29. The molecule has 4 heteroatoms. The molecule has 2 heterocycles. The molecule has 1 N–H and O–H groups in total. The summed E-state index contributed by atoms with van der Waals surface area (Å²) in [6.45, 7) is 0.362. The van der Waals surface area contributed by atoms with E-state index in [1.54, 1.807) is 6.07 Å². The molecular formula is C14H17F2NO. The summed E-state index contributed by atoms with van der Waals surface area (Å²) in [6, 6.07) is 5.11. The average molecular weight is 253 g/mol. The SMILES string of the molecule is Fc1ccc(COC2C[C@H]3CC[C@@H](C2)N3)cc1F. The maximum atomic E-state index is 13.0. The standard InChI is InChI=1S/C14H17F2NO/c15-13-4-1-9(5-14(13)16)8-18-12-6-10-2-3-11(7-12)17-10/h1,4-5,10-12,17H,2-3,6-8H2/t10-,11+,12?. The minimum Gasteiger partial charge on any atom is -0.373 e. The number of halogens is 2. The number of nitrogens with one attached hydrogen (secondary N) is 1. The molecule has 18 heavy (non-hydrogen) atoms. The molecule has 0 amide bonds. The predicted octanol–water partition coefficient (Wildman–Crippen LogP) is 2.76. The number of hydrogen-bond donors (Lipinski definition) is 1. The first-order chi connectivity index (χ1) is 8.70. The summed E-state index contributed by atoms with van der Waals surface area (Å²) in [7, 11) is 0. The summed E-state index contributed by atoms with van der Waals surface area (Å²) < 4.78 is 31.6. The largest absolute Gasteiger partial charge is 0.373 e. The van der Waals surface area contributed by atoms with Crippen LogP contribution in [0.5, 0.6) is 0 Å². The second kappa shape index (κ2) is 4.94. The van der Waals surface area contributed by atoms with Crippen molar-refractivity contribution in [3.05, 3.63) is 35.4 Å². The molecule has 3 atom stereocenters. The molecule has 0 spiro atoms. The van der Waals surface area contributed by atoms with Gasteiger partial charge in [0.2, 0.25) is 0 Å². The van der Waals surface area contributed by atoms with Gasteiger partial charge < -0.3 is 10.1 Å². The van der Waals surface area contributed by atoms with Crippen LogP contribution in [-0.4, -0.2) is 18.2 Å². The van der Waals surface area contributed by atoms with Crippen molar-refractivity contribution >= 4 is 0 Å². The molecule has 0 saturated carbocycles. The van der Waals surface area contributed by atoms with Gasteiger partial charge in [0.15, 0.2) is 11.6 Å². The van der Waals surface area contributed by atoms with Gasteiger partial charge in [-0.3, -0.25) is 0 Å². The van der Waals surface area contributed by atoms with Crippen LogP contribution in [0.2, 0.25) is 0 Å². The van der Waals surface area contributed by atoms with Gasteiger partial charge in [0.05, 0.1) is 12.7 Å². The molecular weight excluding hydrogens is 236 g/mol. The Morgan fingerprint density at radius 1 is 1.11 bits per heavy atom. The van der Waals surface area contributed by atoms with E-state index < -0.39 is 11.6 Å². The van der Waals surface area contributed by atoms with Crippen LogP contribution in [0.4, 0.5) is 8.78 Å². The summed E-state index contributed by atoms with van der Waals surface area (Å²) in [5.41, 5.74) is 0.694. The lowest BCUT2D eigenvalue weighted by atomic mass is 10.0. The fraction of sp³-hybridized carbons (Fsp3) is 0.571. The number of piperidine rings is 1. The molecule has 2 saturated heterocycles. The minimum atomic E-state index is -0.807.